The molecule has 1 aliphatic rings. The number of nitrogens with zero attached hydrogens (tertiary/aromatic N) is 4. The van der Waals surface area contributed by atoms with Gasteiger partial charge in [-0.25, -0.2) is 15.0 Å². The molecular formula is C27H29N7O. The Morgan fingerprint density at radius 3 is 2.83 bits per heavy atom. The van der Waals surface area contributed by atoms with Gasteiger partial charge in [-0.2, -0.15) is 0 Å². The van der Waals surface area contributed by atoms with Gasteiger partial charge in [0.25, 0.3) is 5.91 Å². The highest BCUT2D eigenvalue weighted by Gasteiger charge is 2.26. The SMILES string of the molecule is NC(=O)c1cccc2cnc(C3CCN(CCC(N)c4cccc(Nc5ccccn5)c4)C3)nc12. The highest BCUT2D eigenvalue weighted by Crippen LogP contribution is 2.28. The first kappa shape index (κ1) is 22.9. The fourth-order valence-electron chi connectivity index (χ4n) is 4.63. The number of primary amides is 1. The van der Waals surface area contributed by atoms with Crippen LogP contribution in [0.15, 0.2) is 73.1 Å². The molecule has 0 spiro atoms. The van der Waals surface area contributed by atoms with Gasteiger partial charge in [0.15, 0.2) is 0 Å². The summed E-state index contributed by atoms with van der Waals surface area (Å²) in [7, 11) is 0. The first-order chi connectivity index (χ1) is 17.1. The van der Waals surface area contributed by atoms with Gasteiger partial charge in [-0.05, 0) is 61.8 Å². The summed E-state index contributed by atoms with van der Waals surface area (Å²) in [5.74, 6) is 1.33. The molecule has 1 saturated heterocycles. The number of carbonyl (C=O) groups excluding carboxylic acids is 1. The average Bonchev–Trinajstić information content (AvgIpc) is 3.36. The Morgan fingerprint density at radius 1 is 1.11 bits per heavy atom. The molecule has 1 aliphatic heterocycles. The molecule has 2 aromatic carbocycles. The van der Waals surface area contributed by atoms with E-state index < -0.39 is 5.91 Å². The molecule has 4 aromatic rings. The normalized spacial score (nSPS) is 16.9. The predicted molar refractivity (Wildman–Crippen MR) is 137 cm³/mol. The number of amides is 1. The van der Waals surface area contributed by atoms with E-state index in [2.05, 4.69) is 32.3 Å². The Hall–Kier alpha value is -3.88. The van der Waals surface area contributed by atoms with E-state index in [1.165, 1.54) is 0 Å². The first-order valence-corrected chi connectivity index (χ1v) is 11.9. The summed E-state index contributed by atoms with van der Waals surface area (Å²) >= 11 is 0. The Labute approximate surface area is 204 Å². The largest absolute Gasteiger partial charge is 0.366 e. The maximum Gasteiger partial charge on any atom is 0.250 e. The first-order valence-electron chi connectivity index (χ1n) is 11.9. The van der Waals surface area contributed by atoms with Gasteiger partial charge in [0.05, 0.1) is 11.1 Å². The van der Waals surface area contributed by atoms with Crippen LogP contribution in [-0.2, 0) is 0 Å². The fourth-order valence-corrected chi connectivity index (χ4v) is 4.63. The molecule has 2 atom stereocenters. The molecule has 8 nitrogen and oxygen atoms in total. The summed E-state index contributed by atoms with van der Waals surface area (Å²) in [6.07, 6.45) is 5.38. The summed E-state index contributed by atoms with van der Waals surface area (Å²) in [5.41, 5.74) is 15.2. The molecule has 0 saturated carbocycles. The van der Waals surface area contributed by atoms with Crippen molar-refractivity contribution in [1.29, 1.82) is 0 Å². The standard InChI is InChI=1S/C27H29N7O/c28-23(18-5-3-7-21(15-18)32-24-9-1-2-12-30-24)11-14-34-13-10-20(17-34)27-31-16-19-6-4-8-22(26(29)35)25(19)33-27/h1-9,12,15-16,20,23H,10-11,13-14,17,28H2,(H2,29,35)(H,30,32). The van der Waals surface area contributed by atoms with Crippen LogP contribution in [0, 0.1) is 0 Å². The van der Waals surface area contributed by atoms with E-state index in [0.717, 1.165) is 60.8 Å². The lowest BCUT2D eigenvalue weighted by atomic mass is 10.0. The van der Waals surface area contributed by atoms with Crippen molar-refractivity contribution in [3.05, 3.63) is 90.0 Å². The third kappa shape index (κ3) is 5.29. The number of benzene rings is 2. The number of para-hydroxylation sites is 1. The maximum absolute atomic E-state index is 11.8. The van der Waals surface area contributed by atoms with Crippen molar-refractivity contribution in [2.45, 2.75) is 24.8 Å². The van der Waals surface area contributed by atoms with Crippen LogP contribution in [-0.4, -0.2) is 45.4 Å². The molecule has 2 unspecified atom stereocenters. The van der Waals surface area contributed by atoms with Gasteiger partial charge in [-0.3, -0.25) is 4.79 Å². The number of hydrogen-bond donors (Lipinski definition) is 3. The van der Waals surface area contributed by atoms with Gasteiger partial charge in [0.2, 0.25) is 0 Å². The van der Waals surface area contributed by atoms with Crippen molar-refractivity contribution in [3.63, 3.8) is 0 Å². The second kappa shape index (κ2) is 10.2. The van der Waals surface area contributed by atoms with Crippen molar-refractivity contribution in [2.24, 2.45) is 11.5 Å². The van der Waals surface area contributed by atoms with Gasteiger partial charge in [0.1, 0.15) is 11.6 Å². The van der Waals surface area contributed by atoms with Crippen molar-refractivity contribution in [1.82, 2.24) is 19.9 Å². The van der Waals surface area contributed by atoms with Gasteiger partial charge < -0.3 is 21.7 Å². The Bertz CT molecular complexity index is 1330. The second-order valence-corrected chi connectivity index (χ2v) is 8.98. The van der Waals surface area contributed by atoms with Gasteiger partial charge in [-0.1, -0.05) is 30.3 Å². The number of likely N-dealkylation sites (tertiary alicyclic amines) is 1. The third-order valence-corrected chi connectivity index (χ3v) is 6.54. The molecule has 0 aliphatic carbocycles. The number of rotatable bonds is 8. The molecular weight excluding hydrogens is 438 g/mol. The molecule has 3 heterocycles. The minimum atomic E-state index is -0.471. The van der Waals surface area contributed by atoms with Crippen molar-refractivity contribution in [3.8, 4) is 0 Å². The van der Waals surface area contributed by atoms with Crippen LogP contribution in [0.4, 0.5) is 11.5 Å². The van der Waals surface area contributed by atoms with E-state index in [0.29, 0.717) is 11.1 Å². The fraction of sp³-hybridized carbons (Fsp3) is 0.259. The lowest BCUT2D eigenvalue weighted by Gasteiger charge is -2.19. The Kier molecular flexibility index (Phi) is 6.65. The summed E-state index contributed by atoms with van der Waals surface area (Å²) in [5, 5.41) is 4.15. The summed E-state index contributed by atoms with van der Waals surface area (Å²) in [4.78, 5) is 27.8. The van der Waals surface area contributed by atoms with Crippen LogP contribution >= 0.6 is 0 Å². The van der Waals surface area contributed by atoms with Crippen molar-refractivity contribution < 1.29 is 4.79 Å². The number of nitrogens with one attached hydrogen (secondary N) is 1. The highest BCUT2D eigenvalue weighted by atomic mass is 16.1. The van der Waals surface area contributed by atoms with Crippen LogP contribution in [0.5, 0.6) is 0 Å². The van der Waals surface area contributed by atoms with E-state index in [1.807, 2.05) is 36.4 Å². The molecule has 35 heavy (non-hydrogen) atoms. The molecule has 2 aromatic heterocycles. The molecule has 5 rings (SSSR count). The number of hydrogen-bond acceptors (Lipinski definition) is 7. The van der Waals surface area contributed by atoms with Gasteiger partial charge in [-0.15, -0.1) is 0 Å². The van der Waals surface area contributed by atoms with Crippen LogP contribution in [0.25, 0.3) is 10.9 Å². The molecule has 0 bridgehead atoms. The quantitative estimate of drug-likeness (QED) is 0.361. The van der Waals surface area contributed by atoms with E-state index in [-0.39, 0.29) is 12.0 Å². The number of aromatic nitrogens is 3. The van der Waals surface area contributed by atoms with Crippen LogP contribution in [0.1, 0.15) is 46.5 Å². The Morgan fingerprint density at radius 2 is 2.00 bits per heavy atom. The van der Waals surface area contributed by atoms with E-state index in [4.69, 9.17) is 16.5 Å². The zero-order valence-electron chi connectivity index (χ0n) is 19.5. The molecule has 8 heteroatoms. The van der Waals surface area contributed by atoms with E-state index in [9.17, 15) is 4.79 Å². The van der Waals surface area contributed by atoms with E-state index in [1.54, 1.807) is 24.5 Å². The van der Waals surface area contributed by atoms with Gasteiger partial charge in [0, 0.05) is 42.0 Å². The molecule has 178 valence electrons. The number of anilines is 2. The van der Waals surface area contributed by atoms with Crippen molar-refractivity contribution >= 4 is 28.3 Å². The highest BCUT2D eigenvalue weighted by molar-refractivity contribution is 6.04. The number of fused-ring (bicyclic) bond motifs is 1. The van der Waals surface area contributed by atoms with E-state index >= 15 is 0 Å². The average molecular weight is 468 g/mol. The summed E-state index contributed by atoms with van der Waals surface area (Å²) < 4.78 is 0. The lowest BCUT2D eigenvalue weighted by Crippen LogP contribution is -2.25. The summed E-state index contributed by atoms with van der Waals surface area (Å²) in [6.45, 7) is 2.74. The second-order valence-electron chi connectivity index (χ2n) is 8.98. The third-order valence-electron chi connectivity index (χ3n) is 6.54. The van der Waals surface area contributed by atoms with Crippen molar-refractivity contribution in [2.75, 3.05) is 25.0 Å². The molecule has 1 amide bonds. The molecule has 0 radical (unpaired) electrons. The maximum atomic E-state index is 11.8. The smallest absolute Gasteiger partial charge is 0.250 e. The zero-order chi connectivity index (χ0) is 24.2. The monoisotopic (exact) mass is 467 g/mol. The Balaban J connectivity index is 1.20. The molecule has 5 N–H and O–H groups in total. The summed E-state index contributed by atoms with van der Waals surface area (Å²) in [6, 6.07) is 19.3. The predicted octanol–water partition coefficient (Wildman–Crippen LogP) is 3.75. The van der Waals surface area contributed by atoms with Crippen LogP contribution < -0.4 is 16.8 Å². The molecule has 1 fully saturated rings. The minimum absolute atomic E-state index is 0.0606. The van der Waals surface area contributed by atoms with Crippen LogP contribution in [0.3, 0.4) is 0 Å². The topological polar surface area (TPSA) is 123 Å². The lowest BCUT2D eigenvalue weighted by molar-refractivity contribution is 0.100. The zero-order valence-corrected chi connectivity index (χ0v) is 19.5. The minimum Gasteiger partial charge on any atom is -0.366 e. The van der Waals surface area contributed by atoms with Crippen LogP contribution in [0.2, 0.25) is 0 Å². The number of pyridine rings is 1. The number of carbonyl (C=O) groups is 1. The van der Waals surface area contributed by atoms with Gasteiger partial charge >= 0.3 is 0 Å². The number of nitrogens with two attached hydrogens (primary N) is 2.